The fourth-order valence-corrected chi connectivity index (χ4v) is 2.76. The summed E-state index contributed by atoms with van der Waals surface area (Å²) < 4.78 is 6.23. The number of benzene rings is 2. The topological polar surface area (TPSA) is 41.5 Å². The van der Waals surface area contributed by atoms with Crippen LogP contribution in [-0.4, -0.2) is 12.2 Å². The molecular formula is C16H18BrNO2. The molecule has 4 heteroatoms. The summed E-state index contributed by atoms with van der Waals surface area (Å²) >= 11 is 3.49. The number of hydrogen-bond donors (Lipinski definition) is 2. The zero-order valence-electron chi connectivity index (χ0n) is 11.8. The van der Waals surface area contributed by atoms with E-state index in [0.29, 0.717) is 0 Å². The fourth-order valence-electron chi connectivity index (χ4n) is 2.15. The van der Waals surface area contributed by atoms with Crippen molar-refractivity contribution < 1.29 is 9.84 Å². The van der Waals surface area contributed by atoms with Crippen LogP contribution in [-0.2, 0) is 0 Å². The van der Waals surface area contributed by atoms with Gasteiger partial charge in [-0.1, -0.05) is 15.9 Å². The van der Waals surface area contributed by atoms with Crippen molar-refractivity contribution >= 4 is 21.6 Å². The molecule has 1 atom stereocenters. The summed E-state index contributed by atoms with van der Waals surface area (Å²) in [5, 5.41) is 13.4. The average molecular weight is 336 g/mol. The molecule has 20 heavy (non-hydrogen) atoms. The molecule has 3 nitrogen and oxygen atoms in total. The van der Waals surface area contributed by atoms with Crippen molar-refractivity contribution in [2.24, 2.45) is 0 Å². The quantitative estimate of drug-likeness (QED) is 0.854. The highest BCUT2D eigenvalue weighted by Crippen LogP contribution is 2.31. The monoisotopic (exact) mass is 335 g/mol. The van der Waals surface area contributed by atoms with Gasteiger partial charge in [0.05, 0.1) is 13.2 Å². The lowest BCUT2D eigenvalue weighted by Gasteiger charge is -2.18. The standard InChI is InChI=1S/C16H18BrNO2/c1-10-6-12(17)8-13(7-10)18-11(2)15-9-14(20-3)4-5-16(15)19/h4-9,11,18-19H,1-3H3. The molecule has 0 heterocycles. The SMILES string of the molecule is COc1ccc(O)c(C(C)Nc2cc(C)cc(Br)c2)c1. The number of anilines is 1. The van der Waals surface area contributed by atoms with Gasteiger partial charge in [-0.25, -0.2) is 0 Å². The van der Waals surface area contributed by atoms with Crippen LogP contribution < -0.4 is 10.1 Å². The lowest BCUT2D eigenvalue weighted by atomic mass is 10.1. The van der Waals surface area contributed by atoms with Crippen LogP contribution in [0.15, 0.2) is 40.9 Å². The van der Waals surface area contributed by atoms with E-state index in [0.717, 1.165) is 21.5 Å². The fraction of sp³-hybridized carbons (Fsp3) is 0.250. The summed E-state index contributed by atoms with van der Waals surface area (Å²) in [6.07, 6.45) is 0. The van der Waals surface area contributed by atoms with E-state index in [-0.39, 0.29) is 11.8 Å². The Kier molecular flexibility index (Phi) is 4.55. The summed E-state index contributed by atoms with van der Waals surface area (Å²) in [7, 11) is 1.62. The molecule has 0 saturated heterocycles. The van der Waals surface area contributed by atoms with Gasteiger partial charge in [0.25, 0.3) is 0 Å². The number of methoxy groups -OCH3 is 1. The van der Waals surface area contributed by atoms with Gasteiger partial charge in [0.15, 0.2) is 0 Å². The van der Waals surface area contributed by atoms with Crippen LogP contribution in [0.2, 0.25) is 0 Å². The molecule has 2 aromatic rings. The van der Waals surface area contributed by atoms with Gasteiger partial charge in [0, 0.05) is 15.7 Å². The number of phenols is 1. The van der Waals surface area contributed by atoms with Crippen molar-refractivity contribution in [3.05, 3.63) is 52.0 Å². The summed E-state index contributed by atoms with van der Waals surface area (Å²) in [5.74, 6) is 0.995. The predicted octanol–water partition coefficient (Wildman–Crippen LogP) is 4.64. The number of aromatic hydroxyl groups is 1. The molecule has 0 aliphatic carbocycles. The maximum atomic E-state index is 9.98. The Morgan fingerprint density at radius 1 is 1.20 bits per heavy atom. The number of phenolic OH excluding ortho intramolecular Hbond substituents is 1. The van der Waals surface area contributed by atoms with Crippen LogP contribution in [0.5, 0.6) is 11.5 Å². The molecule has 2 N–H and O–H groups in total. The lowest BCUT2D eigenvalue weighted by molar-refractivity contribution is 0.410. The van der Waals surface area contributed by atoms with Gasteiger partial charge in [-0.05, 0) is 55.8 Å². The number of halogens is 1. The van der Waals surface area contributed by atoms with Crippen LogP contribution in [0.25, 0.3) is 0 Å². The van der Waals surface area contributed by atoms with E-state index in [1.807, 2.05) is 26.0 Å². The van der Waals surface area contributed by atoms with E-state index in [9.17, 15) is 5.11 Å². The third kappa shape index (κ3) is 3.45. The van der Waals surface area contributed by atoms with Crippen LogP contribution >= 0.6 is 15.9 Å². The second kappa shape index (κ2) is 6.18. The maximum absolute atomic E-state index is 9.98. The first-order chi connectivity index (χ1) is 9.49. The van der Waals surface area contributed by atoms with Crippen molar-refractivity contribution in [2.75, 3.05) is 12.4 Å². The van der Waals surface area contributed by atoms with E-state index in [1.165, 1.54) is 5.56 Å². The van der Waals surface area contributed by atoms with E-state index < -0.39 is 0 Å². The molecule has 0 aromatic heterocycles. The average Bonchev–Trinajstić information content (AvgIpc) is 2.37. The van der Waals surface area contributed by atoms with Gasteiger partial charge in [-0.15, -0.1) is 0 Å². The number of aryl methyl sites for hydroxylation is 1. The van der Waals surface area contributed by atoms with Crippen LogP contribution in [0.3, 0.4) is 0 Å². The van der Waals surface area contributed by atoms with E-state index >= 15 is 0 Å². The van der Waals surface area contributed by atoms with Crippen molar-refractivity contribution in [1.29, 1.82) is 0 Å². The van der Waals surface area contributed by atoms with E-state index in [1.54, 1.807) is 19.2 Å². The molecule has 1 unspecified atom stereocenters. The minimum absolute atomic E-state index is 0.0289. The molecule has 0 bridgehead atoms. The first kappa shape index (κ1) is 14.7. The van der Waals surface area contributed by atoms with Crippen molar-refractivity contribution in [2.45, 2.75) is 19.9 Å². The molecule has 2 aromatic carbocycles. The summed E-state index contributed by atoms with van der Waals surface area (Å²) in [6, 6.07) is 11.3. The van der Waals surface area contributed by atoms with Gasteiger partial charge >= 0.3 is 0 Å². The third-order valence-electron chi connectivity index (χ3n) is 3.13. The largest absolute Gasteiger partial charge is 0.508 e. The maximum Gasteiger partial charge on any atom is 0.121 e. The van der Waals surface area contributed by atoms with Crippen LogP contribution in [0.4, 0.5) is 5.69 Å². The highest BCUT2D eigenvalue weighted by molar-refractivity contribution is 9.10. The molecule has 2 rings (SSSR count). The summed E-state index contributed by atoms with van der Waals surface area (Å²) in [4.78, 5) is 0. The molecule has 0 aliphatic rings. The number of hydrogen-bond acceptors (Lipinski definition) is 3. The molecule has 106 valence electrons. The zero-order valence-corrected chi connectivity index (χ0v) is 13.4. The highest BCUT2D eigenvalue weighted by atomic mass is 79.9. The van der Waals surface area contributed by atoms with Gasteiger partial charge in [0.1, 0.15) is 11.5 Å². The van der Waals surface area contributed by atoms with Gasteiger partial charge < -0.3 is 15.2 Å². The molecule has 0 amide bonds. The molecule has 0 radical (unpaired) electrons. The Bertz CT molecular complexity index is 593. The minimum atomic E-state index is -0.0289. The molecule has 0 spiro atoms. The van der Waals surface area contributed by atoms with Gasteiger partial charge in [-0.3, -0.25) is 0 Å². The molecule has 0 fully saturated rings. The Balaban J connectivity index is 2.25. The summed E-state index contributed by atoms with van der Waals surface area (Å²) in [5.41, 5.74) is 2.98. The van der Waals surface area contributed by atoms with E-state index in [4.69, 9.17) is 4.74 Å². The number of ether oxygens (including phenoxy) is 1. The Hall–Kier alpha value is -1.68. The van der Waals surface area contributed by atoms with Crippen LogP contribution in [0, 0.1) is 6.92 Å². The first-order valence-corrected chi connectivity index (χ1v) is 7.19. The van der Waals surface area contributed by atoms with Crippen LogP contribution in [0.1, 0.15) is 24.1 Å². The van der Waals surface area contributed by atoms with Gasteiger partial charge in [-0.2, -0.15) is 0 Å². The predicted molar refractivity (Wildman–Crippen MR) is 85.6 cm³/mol. The third-order valence-corrected chi connectivity index (χ3v) is 3.58. The molecule has 0 saturated carbocycles. The van der Waals surface area contributed by atoms with Crippen molar-refractivity contribution in [1.82, 2.24) is 0 Å². The second-order valence-corrected chi connectivity index (χ2v) is 5.72. The van der Waals surface area contributed by atoms with Crippen molar-refractivity contribution in [3.63, 3.8) is 0 Å². The Morgan fingerprint density at radius 3 is 2.60 bits per heavy atom. The zero-order chi connectivity index (χ0) is 14.7. The molecule has 0 aliphatic heterocycles. The first-order valence-electron chi connectivity index (χ1n) is 6.40. The normalized spacial score (nSPS) is 12.0. The van der Waals surface area contributed by atoms with Crippen molar-refractivity contribution in [3.8, 4) is 11.5 Å². The number of nitrogens with one attached hydrogen (secondary N) is 1. The highest BCUT2D eigenvalue weighted by Gasteiger charge is 2.12. The number of rotatable bonds is 4. The molecular weight excluding hydrogens is 318 g/mol. The summed E-state index contributed by atoms with van der Waals surface area (Å²) in [6.45, 7) is 4.05. The smallest absolute Gasteiger partial charge is 0.121 e. The lowest BCUT2D eigenvalue weighted by Crippen LogP contribution is -2.07. The Labute approximate surface area is 127 Å². The Morgan fingerprint density at radius 2 is 1.95 bits per heavy atom. The second-order valence-electron chi connectivity index (χ2n) is 4.81. The van der Waals surface area contributed by atoms with E-state index in [2.05, 4.69) is 33.4 Å². The minimum Gasteiger partial charge on any atom is -0.508 e. The van der Waals surface area contributed by atoms with Gasteiger partial charge in [0.2, 0.25) is 0 Å².